The molecule has 2 heteroatoms. The minimum absolute atomic E-state index is 0.514. The van der Waals surface area contributed by atoms with Gasteiger partial charge in [0.15, 0.2) is 0 Å². The van der Waals surface area contributed by atoms with Crippen LogP contribution in [0.5, 0.6) is 0 Å². The topological polar surface area (TPSA) is 24.9 Å². The third-order valence-corrected chi connectivity index (χ3v) is 4.02. The van der Waals surface area contributed by atoms with Gasteiger partial charge < -0.3 is 5.32 Å². The Bertz CT molecular complexity index is 396. The van der Waals surface area contributed by atoms with E-state index in [1.54, 1.807) is 0 Å². The van der Waals surface area contributed by atoms with Gasteiger partial charge in [-0.1, -0.05) is 27.7 Å². The zero-order valence-electron chi connectivity index (χ0n) is 12.2. The number of nitrogens with zero attached hydrogens (tertiary/aromatic N) is 1. The summed E-state index contributed by atoms with van der Waals surface area (Å²) in [5.41, 5.74) is 4.32. The Morgan fingerprint density at radius 1 is 1.28 bits per heavy atom. The van der Waals surface area contributed by atoms with Crippen molar-refractivity contribution < 1.29 is 0 Å². The van der Waals surface area contributed by atoms with Crippen molar-refractivity contribution in [2.75, 3.05) is 6.54 Å². The lowest BCUT2D eigenvalue weighted by atomic mass is 9.79. The Hall–Kier alpha value is -0.890. The maximum absolute atomic E-state index is 4.67. The van der Waals surface area contributed by atoms with E-state index in [0.29, 0.717) is 17.8 Å². The van der Waals surface area contributed by atoms with E-state index in [9.17, 15) is 0 Å². The number of hydrogen-bond acceptors (Lipinski definition) is 2. The lowest BCUT2D eigenvalue weighted by molar-refractivity contribution is 0.426. The Labute approximate surface area is 111 Å². The lowest BCUT2D eigenvalue weighted by Crippen LogP contribution is -2.24. The molecule has 0 fully saturated rings. The number of fused-ring (bicyclic) bond motifs is 1. The summed E-state index contributed by atoms with van der Waals surface area (Å²) in [6.07, 6.45) is 4.53. The van der Waals surface area contributed by atoms with Crippen molar-refractivity contribution >= 4 is 0 Å². The molecule has 0 saturated carbocycles. The highest BCUT2D eigenvalue weighted by molar-refractivity contribution is 5.36. The zero-order chi connectivity index (χ0) is 13.1. The van der Waals surface area contributed by atoms with Gasteiger partial charge in [-0.2, -0.15) is 0 Å². The second-order valence-electron chi connectivity index (χ2n) is 6.09. The highest BCUT2D eigenvalue weighted by Crippen LogP contribution is 2.36. The van der Waals surface area contributed by atoms with E-state index in [1.807, 2.05) is 6.20 Å². The molecule has 0 aliphatic carbocycles. The number of aromatic nitrogens is 1. The third-order valence-electron chi connectivity index (χ3n) is 4.02. The van der Waals surface area contributed by atoms with Crippen molar-refractivity contribution in [3.05, 3.63) is 29.1 Å². The van der Waals surface area contributed by atoms with Gasteiger partial charge in [-0.3, -0.25) is 4.98 Å². The van der Waals surface area contributed by atoms with Crippen LogP contribution in [0, 0.1) is 5.92 Å². The van der Waals surface area contributed by atoms with Crippen molar-refractivity contribution in [1.29, 1.82) is 0 Å². The average molecular weight is 246 g/mol. The van der Waals surface area contributed by atoms with Gasteiger partial charge >= 0.3 is 0 Å². The SMILES string of the molecule is CC(C)c1nccc2c1C(C(C)C)CCCNC2. The second-order valence-corrected chi connectivity index (χ2v) is 6.09. The standard InChI is InChI=1S/C16H26N2/c1-11(2)14-6-5-8-17-10-13-7-9-18-16(12(3)4)15(13)14/h7,9,11-12,14,17H,5-6,8,10H2,1-4H3. The molecule has 18 heavy (non-hydrogen) atoms. The summed E-state index contributed by atoms with van der Waals surface area (Å²) in [5.74, 6) is 1.89. The van der Waals surface area contributed by atoms with Crippen molar-refractivity contribution in [2.24, 2.45) is 5.92 Å². The molecule has 1 unspecified atom stereocenters. The van der Waals surface area contributed by atoms with E-state index in [-0.39, 0.29) is 0 Å². The van der Waals surface area contributed by atoms with E-state index < -0.39 is 0 Å². The molecular formula is C16H26N2. The number of nitrogens with one attached hydrogen (secondary N) is 1. The van der Waals surface area contributed by atoms with E-state index in [2.05, 4.69) is 44.1 Å². The smallest absolute Gasteiger partial charge is 0.0467 e. The summed E-state index contributed by atoms with van der Waals surface area (Å²) in [7, 11) is 0. The van der Waals surface area contributed by atoms with Gasteiger partial charge in [-0.05, 0) is 54.3 Å². The van der Waals surface area contributed by atoms with Gasteiger partial charge in [0.05, 0.1) is 0 Å². The van der Waals surface area contributed by atoms with Crippen LogP contribution in [-0.2, 0) is 6.54 Å². The van der Waals surface area contributed by atoms with Crippen LogP contribution >= 0.6 is 0 Å². The number of pyridine rings is 1. The fourth-order valence-electron chi connectivity index (χ4n) is 3.05. The third kappa shape index (κ3) is 2.74. The highest BCUT2D eigenvalue weighted by Gasteiger charge is 2.24. The van der Waals surface area contributed by atoms with E-state index in [1.165, 1.54) is 29.7 Å². The molecule has 2 nitrogen and oxygen atoms in total. The van der Waals surface area contributed by atoms with Crippen LogP contribution in [-0.4, -0.2) is 11.5 Å². The summed E-state index contributed by atoms with van der Waals surface area (Å²) < 4.78 is 0. The van der Waals surface area contributed by atoms with Crippen LogP contribution in [0.3, 0.4) is 0 Å². The van der Waals surface area contributed by atoms with Crippen LogP contribution in [0.4, 0.5) is 0 Å². The fraction of sp³-hybridized carbons (Fsp3) is 0.688. The molecule has 2 rings (SSSR count). The van der Waals surface area contributed by atoms with Crippen LogP contribution in [0.2, 0.25) is 0 Å². The molecule has 0 radical (unpaired) electrons. The molecule has 1 aliphatic heterocycles. The first-order valence-electron chi connectivity index (χ1n) is 7.29. The van der Waals surface area contributed by atoms with E-state index in [4.69, 9.17) is 0 Å². The van der Waals surface area contributed by atoms with Gasteiger partial charge in [-0.15, -0.1) is 0 Å². The van der Waals surface area contributed by atoms with Crippen LogP contribution in [0.25, 0.3) is 0 Å². The molecule has 1 aromatic rings. The maximum Gasteiger partial charge on any atom is 0.0467 e. The van der Waals surface area contributed by atoms with Gasteiger partial charge in [0.1, 0.15) is 0 Å². The molecule has 1 aliphatic rings. The highest BCUT2D eigenvalue weighted by atomic mass is 14.9. The summed E-state index contributed by atoms with van der Waals surface area (Å²) >= 11 is 0. The predicted molar refractivity (Wildman–Crippen MR) is 76.8 cm³/mol. The quantitative estimate of drug-likeness (QED) is 0.858. The minimum atomic E-state index is 0.514. The molecule has 0 amide bonds. The van der Waals surface area contributed by atoms with Crippen molar-refractivity contribution in [1.82, 2.24) is 10.3 Å². The van der Waals surface area contributed by atoms with Crippen molar-refractivity contribution in [2.45, 2.75) is 58.9 Å². The zero-order valence-corrected chi connectivity index (χ0v) is 12.2. The first-order chi connectivity index (χ1) is 8.61. The predicted octanol–water partition coefficient (Wildman–Crippen LogP) is 3.83. The fourth-order valence-corrected chi connectivity index (χ4v) is 3.05. The Balaban J connectivity index is 2.51. The van der Waals surface area contributed by atoms with E-state index in [0.717, 1.165) is 13.1 Å². The molecule has 100 valence electrons. The lowest BCUT2D eigenvalue weighted by Gasteiger charge is -2.29. The summed E-state index contributed by atoms with van der Waals surface area (Å²) in [6.45, 7) is 11.3. The van der Waals surface area contributed by atoms with Crippen molar-refractivity contribution in [3.8, 4) is 0 Å². The molecule has 0 bridgehead atoms. The first kappa shape index (κ1) is 13.5. The number of hydrogen-bond donors (Lipinski definition) is 1. The Morgan fingerprint density at radius 2 is 2.06 bits per heavy atom. The van der Waals surface area contributed by atoms with Crippen LogP contribution in [0.1, 0.15) is 69.2 Å². The average Bonchev–Trinajstić information content (AvgIpc) is 2.28. The van der Waals surface area contributed by atoms with Gasteiger partial charge in [0.2, 0.25) is 0 Å². The molecule has 2 heterocycles. The summed E-state index contributed by atoms with van der Waals surface area (Å²) in [5, 5.41) is 3.54. The van der Waals surface area contributed by atoms with Gasteiger partial charge in [-0.25, -0.2) is 0 Å². The molecular weight excluding hydrogens is 220 g/mol. The minimum Gasteiger partial charge on any atom is -0.313 e. The Kier molecular flexibility index (Phi) is 4.39. The van der Waals surface area contributed by atoms with Crippen molar-refractivity contribution in [3.63, 3.8) is 0 Å². The largest absolute Gasteiger partial charge is 0.313 e. The maximum atomic E-state index is 4.67. The molecule has 1 N–H and O–H groups in total. The summed E-state index contributed by atoms with van der Waals surface area (Å²) in [4.78, 5) is 4.67. The molecule has 0 aromatic carbocycles. The molecule has 1 atom stereocenters. The Morgan fingerprint density at radius 3 is 2.72 bits per heavy atom. The van der Waals surface area contributed by atoms with Crippen LogP contribution in [0.15, 0.2) is 12.3 Å². The normalized spacial score (nSPS) is 20.7. The van der Waals surface area contributed by atoms with Crippen LogP contribution < -0.4 is 5.32 Å². The monoisotopic (exact) mass is 246 g/mol. The molecule has 0 saturated heterocycles. The van der Waals surface area contributed by atoms with E-state index >= 15 is 0 Å². The first-order valence-corrected chi connectivity index (χ1v) is 7.29. The van der Waals surface area contributed by atoms with Gasteiger partial charge in [0.25, 0.3) is 0 Å². The second kappa shape index (κ2) is 5.83. The number of rotatable bonds is 2. The van der Waals surface area contributed by atoms with Gasteiger partial charge in [0, 0.05) is 18.4 Å². The summed E-state index contributed by atoms with van der Waals surface area (Å²) in [6, 6.07) is 2.20. The molecule has 1 aromatic heterocycles. The molecule has 0 spiro atoms.